The predicted octanol–water partition coefficient (Wildman–Crippen LogP) is 4.22. The van der Waals surface area contributed by atoms with Gasteiger partial charge in [0.25, 0.3) is 11.7 Å². The molecule has 0 aromatic heterocycles. The molecule has 2 aromatic rings. The number of methoxy groups -OCH3 is 2. The smallest absolute Gasteiger partial charge is 0.295 e. The maximum Gasteiger partial charge on any atom is 0.295 e. The van der Waals surface area contributed by atoms with Crippen LogP contribution in [0, 0.1) is 6.92 Å². The quantitative estimate of drug-likeness (QED) is 0.282. The molecule has 1 atom stereocenters. The summed E-state index contributed by atoms with van der Waals surface area (Å²) in [6, 6.07) is 11.9. The van der Waals surface area contributed by atoms with E-state index in [-0.39, 0.29) is 11.3 Å². The summed E-state index contributed by atoms with van der Waals surface area (Å²) in [5.74, 6) is -0.825. The third-order valence-corrected chi connectivity index (χ3v) is 5.67. The molecule has 158 valence electrons. The fourth-order valence-corrected chi connectivity index (χ4v) is 3.93. The van der Waals surface area contributed by atoms with Gasteiger partial charge < -0.3 is 19.5 Å². The van der Waals surface area contributed by atoms with Gasteiger partial charge >= 0.3 is 0 Å². The van der Waals surface area contributed by atoms with Crippen LogP contribution >= 0.6 is 15.9 Å². The number of Topliss-reactive ketones (excluding diaryl/α,β-unsaturated/α-hetero) is 1. The molecular weight excluding hydrogens is 450 g/mol. The van der Waals surface area contributed by atoms with Crippen molar-refractivity contribution in [3.8, 4) is 5.75 Å². The largest absolute Gasteiger partial charge is 0.507 e. The number of amides is 1. The first kappa shape index (κ1) is 22.1. The van der Waals surface area contributed by atoms with E-state index in [0.717, 1.165) is 15.6 Å². The van der Waals surface area contributed by atoms with Crippen LogP contribution < -0.4 is 4.74 Å². The lowest BCUT2D eigenvalue weighted by Gasteiger charge is -2.25. The summed E-state index contributed by atoms with van der Waals surface area (Å²) in [5, 5.41) is 11.1. The number of hydrogen-bond donors (Lipinski definition) is 1. The number of ketones is 1. The number of aryl methyl sites for hydroxylation is 1. The van der Waals surface area contributed by atoms with Gasteiger partial charge in [-0.3, -0.25) is 9.59 Å². The number of hydrogen-bond acceptors (Lipinski definition) is 5. The second-order valence-corrected chi connectivity index (χ2v) is 7.99. The zero-order valence-corrected chi connectivity index (χ0v) is 18.7. The van der Waals surface area contributed by atoms with Gasteiger partial charge in [0.05, 0.1) is 18.7 Å². The molecule has 1 heterocycles. The van der Waals surface area contributed by atoms with E-state index in [9.17, 15) is 14.7 Å². The van der Waals surface area contributed by atoms with Crippen LogP contribution in [0.25, 0.3) is 5.76 Å². The summed E-state index contributed by atoms with van der Waals surface area (Å²) in [6.07, 6.45) is 0.582. The van der Waals surface area contributed by atoms with E-state index in [4.69, 9.17) is 9.47 Å². The summed E-state index contributed by atoms with van der Waals surface area (Å²) in [6.45, 7) is 2.66. The maximum atomic E-state index is 12.9. The van der Waals surface area contributed by atoms with E-state index in [1.165, 1.54) is 4.90 Å². The van der Waals surface area contributed by atoms with Crippen LogP contribution in [0.3, 0.4) is 0 Å². The summed E-state index contributed by atoms with van der Waals surface area (Å²) in [7, 11) is 3.16. The van der Waals surface area contributed by atoms with Gasteiger partial charge in [-0.25, -0.2) is 0 Å². The van der Waals surface area contributed by atoms with Crippen LogP contribution in [0.1, 0.15) is 29.2 Å². The Hall–Kier alpha value is -2.64. The van der Waals surface area contributed by atoms with Crippen LogP contribution in [-0.2, 0) is 14.3 Å². The van der Waals surface area contributed by atoms with Crippen molar-refractivity contribution >= 4 is 33.4 Å². The minimum atomic E-state index is -0.689. The van der Waals surface area contributed by atoms with Crippen molar-refractivity contribution in [1.29, 1.82) is 0 Å². The molecular formula is C23H24BrNO5. The maximum absolute atomic E-state index is 12.9. The number of halogens is 1. The van der Waals surface area contributed by atoms with E-state index in [2.05, 4.69) is 15.9 Å². The molecule has 0 saturated carbocycles. The topological polar surface area (TPSA) is 76.1 Å². The molecule has 1 aliphatic rings. The Kier molecular flexibility index (Phi) is 6.95. The first-order valence-corrected chi connectivity index (χ1v) is 10.4. The SMILES string of the molecule is COCCCN1C(=O)C(=O)/C(=C(/O)c2ccc(OC)c(C)c2)[C@@H]1c1ccc(Br)cc1. The molecule has 1 fully saturated rings. The average molecular weight is 474 g/mol. The molecule has 30 heavy (non-hydrogen) atoms. The molecule has 0 radical (unpaired) electrons. The highest BCUT2D eigenvalue weighted by atomic mass is 79.9. The van der Waals surface area contributed by atoms with Gasteiger partial charge in [0.2, 0.25) is 0 Å². The number of likely N-dealkylation sites (tertiary alicyclic amines) is 1. The van der Waals surface area contributed by atoms with Crippen molar-refractivity contribution in [3.63, 3.8) is 0 Å². The van der Waals surface area contributed by atoms with E-state index in [1.807, 2.05) is 31.2 Å². The summed E-state index contributed by atoms with van der Waals surface area (Å²) < 4.78 is 11.3. The van der Waals surface area contributed by atoms with Crippen molar-refractivity contribution in [2.75, 3.05) is 27.4 Å². The molecule has 3 rings (SSSR count). The number of carbonyl (C=O) groups is 2. The Balaban J connectivity index is 2.12. The zero-order chi connectivity index (χ0) is 21.8. The molecule has 2 aromatic carbocycles. The van der Waals surface area contributed by atoms with Crippen LogP contribution in [0.2, 0.25) is 0 Å². The molecule has 0 spiro atoms. The zero-order valence-electron chi connectivity index (χ0n) is 17.1. The predicted molar refractivity (Wildman–Crippen MR) is 117 cm³/mol. The second kappa shape index (κ2) is 9.45. The van der Waals surface area contributed by atoms with Gasteiger partial charge in [0, 0.05) is 30.3 Å². The summed E-state index contributed by atoms with van der Waals surface area (Å²) in [5.41, 5.74) is 2.12. The lowest BCUT2D eigenvalue weighted by molar-refractivity contribution is -0.140. The minimum absolute atomic E-state index is 0.0873. The number of carbonyl (C=O) groups excluding carboxylic acids is 2. The standard InChI is InChI=1S/C23H24BrNO5/c1-14-13-16(7-10-18(14)30-3)21(26)19-20(15-5-8-17(24)9-6-15)25(11-4-12-29-2)23(28)22(19)27/h5-10,13,20,26H,4,11-12H2,1-3H3/b21-19+/t20-/m0/s1. The van der Waals surface area contributed by atoms with Crippen LogP contribution in [0.4, 0.5) is 0 Å². The Morgan fingerprint density at radius 1 is 1.13 bits per heavy atom. The fraction of sp³-hybridized carbons (Fsp3) is 0.304. The van der Waals surface area contributed by atoms with Crippen LogP contribution in [0.15, 0.2) is 52.5 Å². The number of aliphatic hydroxyl groups excluding tert-OH is 1. The third-order valence-electron chi connectivity index (χ3n) is 5.14. The second-order valence-electron chi connectivity index (χ2n) is 7.07. The molecule has 1 N–H and O–H groups in total. The van der Waals surface area contributed by atoms with Crippen LogP contribution in [-0.4, -0.2) is 49.1 Å². The Morgan fingerprint density at radius 3 is 2.43 bits per heavy atom. The van der Waals surface area contributed by atoms with Gasteiger partial charge in [-0.05, 0) is 54.8 Å². The Bertz CT molecular complexity index is 984. The number of benzene rings is 2. The van der Waals surface area contributed by atoms with Crippen molar-refractivity contribution in [3.05, 3.63) is 69.2 Å². The lowest BCUT2D eigenvalue weighted by atomic mass is 9.95. The molecule has 0 unspecified atom stereocenters. The van der Waals surface area contributed by atoms with E-state index < -0.39 is 17.7 Å². The van der Waals surface area contributed by atoms with Crippen molar-refractivity contribution in [2.24, 2.45) is 0 Å². The fourth-order valence-electron chi connectivity index (χ4n) is 3.66. The minimum Gasteiger partial charge on any atom is -0.507 e. The number of nitrogens with zero attached hydrogens (tertiary/aromatic N) is 1. The van der Waals surface area contributed by atoms with Crippen molar-refractivity contribution < 1.29 is 24.2 Å². The molecule has 7 heteroatoms. The highest BCUT2D eigenvalue weighted by Gasteiger charge is 2.45. The molecule has 6 nitrogen and oxygen atoms in total. The lowest BCUT2D eigenvalue weighted by Crippen LogP contribution is -2.31. The molecule has 1 amide bonds. The summed E-state index contributed by atoms with van der Waals surface area (Å²) >= 11 is 3.41. The Labute approximate surface area is 184 Å². The van der Waals surface area contributed by atoms with E-state index in [0.29, 0.717) is 30.9 Å². The van der Waals surface area contributed by atoms with E-state index >= 15 is 0 Å². The highest BCUT2D eigenvalue weighted by molar-refractivity contribution is 9.10. The van der Waals surface area contributed by atoms with Crippen LogP contribution in [0.5, 0.6) is 5.75 Å². The van der Waals surface area contributed by atoms with E-state index in [1.54, 1.807) is 32.4 Å². The van der Waals surface area contributed by atoms with Crippen molar-refractivity contribution in [1.82, 2.24) is 4.90 Å². The van der Waals surface area contributed by atoms with Gasteiger partial charge in [-0.2, -0.15) is 0 Å². The number of rotatable bonds is 7. The first-order valence-electron chi connectivity index (χ1n) is 9.56. The molecule has 0 bridgehead atoms. The van der Waals surface area contributed by atoms with Gasteiger partial charge in [0.1, 0.15) is 11.5 Å². The normalized spacial score (nSPS) is 18.1. The van der Waals surface area contributed by atoms with Gasteiger partial charge in [0.15, 0.2) is 0 Å². The third kappa shape index (κ3) is 4.27. The van der Waals surface area contributed by atoms with Gasteiger partial charge in [-0.1, -0.05) is 28.1 Å². The van der Waals surface area contributed by atoms with Gasteiger partial charge in [-0.15, -0.1) is 0 Å². The average Bonchev–Trinajstić information content (AvgIpc) is 2.99. The first-order chi connectivity index (χ1) is 14.4. The monoisotopic (exact) mass is 473 g/mol. The Morgan fingerprint density at radius 2 is 1.83 bits per heavy atom. The molecule has 0 aliphatic carbocycles. The number of ether oxygens (including phenoxy) is 2. The molecule has 1 saturated heterocycles. The van der Waals surface area contributed by atoms with Crippen molar-refractivity contribution in [2.45, 2.75) is 19.4 Å². The summed E-state index contributed by atoms with van der Waals surface area (Å²) in [4.78, 5) is 27.3. The number of aliphatic hydroxyl groups is 1. The molecule has 1 aliphatic heterocycles. The highest BCUT2D eigenvalue weighted by Crippen LogP contribution is 2.40.